The van der Waals surface area contributed by atoms with Crippen molar-refractivity contribution in [1.82, 2.24) is 14.7 Å². The summed E-state index contributed by atoms with van der Waals surface area (Å²) in [5.41, 5.74) is 9.56. The molecule has 5 aromatic rings. The van der Waals surface area contributed by atoms with Gasteiger partial charge in [-0.25, -0.2) is 9.48 Å². The van der Waals surface area contributed by atoms with Gasteiger partial charge < -0.3 is 10.0 Å². The van der Waals surface area contributed by atoms with E-state index in [0.29, 0.717) is 18.7 Å². The van der Waals surface area contributed by atoms with Crippen molar-refractivity contribution >= 4 is 11.9 Å². The van der Waals surface area contributed by atoms with Crippen LogP contribution in [0.15, 0.2) is 97.1 Å². The van der Waals surface area contributed by atoms with E-state index in [0.717, 1.165) is 70.6 Å². The molecule has 0 atom stereocenters. The van der Waals surface area contributed by atoms with Gasteiger partial charge >= 0.3 is 5.97 Å². The fraction of sp³-hybridized carbons (Fsp3) is 0.216. The Balaban J connectivity index is 1.44. The first-order valence-corrected chi connectivity index (χ1v) is 14.9. The van der Waals surface area contributed by atoms with Crippen molar-refractivity contribution in [2.45, 2.75) is 46.1 Å². The predicted molar refractivity (Wildman–Crippen MR) is 170 cm³/mol. The molecule has 0 radical (unpaired) electrons. The quantitative estimate of drug-likeness (QED) is 0.207. The summed E-state index contributed by atoms with van der Waals surface area (Å²) in [7, 11) is 0. The van der Waals surface area contributed by atoms with Crippen LogP contribution in [0, 0.1) is 6.92 Å². The van der Waals surface area contributed by atoms with Crippen LogP contribution in [0.1, 0.15) is 63.0 Å². The molecule has 1 amide bonds. The number of carboxylic acid groups (broad SMARTS) is 1. The van der Waals surface area contributed by atoms with Crippen LogP contribution in [-0.2, 0) is 19.4 Å². The average Bonchev–Trinajstić information content (AvgIpc) is 3.38. The van der Waals surface area contributed by atoms with E-state index in [4.69, 9.17) is 5.10 Å². The van der Waals surface area contributed by atoms with E-state index >= 15 is 0 Å². The van der Waals surface area contributed by atoms with Gasteiger partial charge in [0, 0.05) is 24.2 Å². The van der Waals surface area contributed by atoms with Crippen LogP contribution in [0.25, 0.3) is 27.9 Å². The molecule has 6 heteroatoms. The molecule has 4 aromatic carbocycles. The molecule has 2 heterocycles. The van der Waals surface area contributed by atoms with Gasteiger partial charge in [0.15, 0.2) is 0 Å². The molecular weight excluding hydrogens is 534 g/mol. The monoisotopic (exact) mass is 569 g/mol. The van der Waals surface area contributed by atoms with Crippen molar-refractivity contribution in [1.29, 1.82) is 0 Å². The number of unbranched alkanes of at least 4 members (excludes halogenated alkanes) is 1. The maximum absolute atomic E-state index is 14.2. The van der Waals surface area contributed by atoms with Gasteiger partial charge in [-0.15, -0.1) is 0 Å². The summed E-state index contributed by atoms with van der Waals surface area (Å²) < 4.78 is 1.99. The molecule has 6 nitrogen and oxygen atoms in total. The number of aromatic carboxylic acids is 1. The third-order valence-electron chi connectivity index (χ3n) is 8.33. The zero-order valence-corrected chi connectivity index (χ0v) is 24.6. The normalized spacial score (nSPS) is 12.7. The molecule has 0 fully saturated rings. The van der Waals surface area contributed by atoms with Crippen LogP contribution >= 0.6 is 0 Å². The van der Waals surface area contributed by atoms with E-state index in [2.05, 4.69) is 55.5 Å². The smallest absolute Gasteiger partial charge is 0.335 e. The van der Waals surface area contributed by atoms with Crippen molar-refractivity contribution in [2.75, 3.05) is 6.54 Å². The highest BCUT2D eigenvalue weighted by atomic mass is 16.4. The van der Waals surface area contributed by atoms with E-state index in [1.807, 2.05) is 46.8 Å². The number of nitrogens with zero attached hydrogens (tertiary/aromatic N) is 3. The summed E-state index contributed by atoms with van der Waals surface area (Å²) in [4.78, 5) is 28.0. The number of hydrogen-bond donors (Lipinski definition) is 1. The van der Waals surface area contributed by atoms with Gasteiger partial charge in [0.05, 0.1) is 22.6 Å². The Kier molecular flexibility index (Phi) is 7.93. The van der Waals surface area contributed by atoms with Gasteiger partial charge in [-0.3, -0.25) is 4.79 Å². The fourth-order valence-electron chi connectivity index (χ4n) is 6.05. The number of benzene rings is 4. The lowest BCUT2D eigenvalue weighted by Gasteiger charge is -2.29. The number of rotatable bonds is 8. The van der Waals surface area contributed by atoms with E-state index in [1.165, 1.54) is 11.6 Å². The zero-order valence-electron chi connectivity index (χ0n) is 24.6. The van der Waals surface area contributed by atoms with Crippen molar-refractivity contribution in [3.63, 3.8) is 0 Å². The molecule has 0 aliphatic carbocycles. The van der Waals surface area contributed by atoms with Crippen LogP contribution in [0.4, 0.5) is 0 Å². The van der Waals surface area contributed by atoms with Crippen LogP contribution in [0.3, 0.4) is 0 Å². The van der Waals surface area contributed by atoms with Gasteiger partial charge in [-0.2, -0.15) is 5.10 Å². The first-order valence-electron chi connectivity index (χ1n) is 14.9. The average molecular weight is 570 g/mol. The third kappa shape index (κ3) is 5.61. The summed E-state index contributed by atoms with van der Waals surface area (Å²) in [6.07, 6.45) is 3.51. The molecule has 6 rings (SSSR count). The summed E-state index contributed by atoms with van der Waals surface area (Å²) in [5, 5.41) is 14.8. The molecule has 1 aliphatic heterocycles. The standard InChI is InChI=1S/C37H35N3O3/c1-3-4-14-34-35(25(2)38-40(34)31-18-15-28(16-19-31)26-10-6-5-7-11-26)32-20-17-29(37(42)43)23-33(32)36(41)39-22-21-27-12-8-9-13-30(27)24-39/h5-13,15-20,23H,3-4,14,21-22,24H2,1-2H3,(H,42,43). The summed E-state index contributed by atoms with van der Waals surface area (Å²) in [5.74, 6) is -1.21. The first-order chi connectivity index (χ1) is 20.9. The van der Waals surface area contributed by atoms with Crippen LogP contribution in [0.2, 0.25) is 0 Å². The number of amides is 1. The Hall–Kier alpha value is -4.97. The van der Waals surface area contributed by atoms with Crippen molar-refractivity contribution in [3.05, 3.63) is 131 Å². The highest BCUT2D eigenvalue weighted by Gasteiger charge is 2.28. The van der Waals surface area contributed by atoms with Crippen molar-refractivity contribution in [3.8, 4) is 27.9 Å². The number of aromatic nitrogens is 2. The number of fused-ring (bicyclic) bond motifs is 1. The van der Waals surface area contributed by atoms with E-state index < -0.39 is 5.97 Å². The van der Waals surface area contributed by atoms with Gasteiger partial charge in [0.2, 0.25) is 0 Å². The maximum atomic E-state index is 14.2. The molecule has 43 heavy (non-hydrogen) atoms. The summed E-state index contributed by atoms with van der Waals surface area (Å²) in [6, 6.07) is 31.8. The maximum Gasteiger partial charge on any atom is 0.335 e. The van der Waals surface area contributed by atoms with Crippen LogP contribution < -0.4 is 0 Å². The van der Waals surface area contributed by atoms with Crippen molar-refractivity contribution < 1.29 is 14.7 Å². The van der Waals surface area contributed by atoms with Gasteiger partial charge in [-0.05, 0) is 78.3 Å². The molecule has 1 aromatic heterocycles. The lowest BCUT2D eigenvalue weighted by molar-refractivity contribution is 0.0697. The van der Waals surface area contributed by atoms with Gasteiger partial charge in [0.25, 0.3) is 5.91 Å². The van der Waals surface area contributed by atoms with Crippen LogP contribution in [-0.4, -0.2) is 38.2 Å². The Bertz CT molecular complexity index is 1790. The molecule has 0 saturated carbocycles. The molecule has 1 aliphatic rings. The largest absolute Gasteiger partial charge is 0.478 e. The second-order valence-corrected chi connectivity index (χ2v) is 11.1. The lowest BCUT2D eigenvalue weighted by atomic mass is 9.92. The predicted octanol–water partition coefficient (Wildman–Crippen LogP) is 7.75. The number of carbonyl (C=O) groups excluding carboxylic acids is 1. The third-order valence-corrected chi connectivity index (χ3v) is 8.33. The molecular formula is C37H35N3O3. The second-order valence-electron chi connectivity index (χ2n) is 11.1. The SMILES string of the molecule is CCCCc1c(-c2ccc(C(=O)O)cc2C(=O)N2CCc3ccccc3C2)c(C)nn1-c1ccc(-c2ccccc2)cc1. The van der Waals surface area contributed by atoms with E-state index in [-0.39, 0.29) is 11.5 Å². The van der Waals surface area contributed by atoms with E-state index in [1.54, 1.807) is 12.1 Å². The van der Waals surface area contributed by atoms with Crippen LogP contribution in [0.5, 0.6) is 0 Å². The second kappa shape index (κ2) is 12.1. The summed E-state index contributed by atoms with van der Waals surface area (Å²) >= 11 is 0. The highest BCUT2D eigenvalue weighted by molar-refractivity contribution is 6.04. The Morgan fingerprint density at radius 3 is 2.28 bits per heavy atom. The molecule has 1 N–H and O–H groups in total. The minimum atomic E-state index is -1.05. The topological polar surface area (TPSA) is 75.4 Å². The number of aryl methyl sites for hydroxylation is 1. The fourth-order valence-corrected chi connectivity index (χ4v) is 6.05. The van der Waals surface area contributed by atoms with Gasteiger partial charge in [0.1, 0.15) is 0 Å². The zero-order chi connectivity index (χ0) is 29.9. The lowest BCUT2D eigenvalue weighted by Crippen LogP contribution is -2.36. The molecule has 0 unspecified atom stereocenters. The number of hydrogen-bond acceptors (Lipinski definition) is 3. The Morgan fingerprint density at radius 1 is 0.860 bits per heavy atom. The van der Waals surface area contributed by atoms with E-state index in [9.17, 15) is 14.7 Å². The minimum Gasteiger partial charge on any atom is -0.478 e. The highest BCUT2D eigenvalue weighted by Crippen LogP contribution is 2.35. The number of carbonyl (C=O) groups is 2. The Labute approximate surface area is 252 Å². The minimum absolute atomic E-state index is 0.0983. The first kappa shape index (κ1) is 28.2. The van der Waals surface area contributed by atoms with Crippen molar-refractivity contribution in [2.24, 2.45) is 0 Å². The molecule has 0 saturated heterocycles. The molecule has 0 spiro atoms. The molecule has 0 bridgehead atoms. The molecule has 216 valence electrons. The van der Waals surface area contributed by atoms with Gasteiger partial charge in [-0.1, -0.05) is 86.1 Å². The summed E-state index contributed by atoms with van der Waals surface area (Å²) in [6.45, 7) is 5.21. The Morgan fingerprint density at radius 2 is 1.56 bits per heavy atom. The number of carboxylic acids is 1.